The Bertz CT molecular complexity index is 424. The van der Waals surface area contributed by atoms with Gasteiger partial charge in [-0.1, -0.05) is 25.8 Å². The lowest BCUT2D eigenvalue weighted by atomic mass is 10.2. The number of amides is 1. The summed E-state index contributed by atoms with van der Waals surface area (Å²) in [6.07, 6.45) is 3.33. The Labute approximate surface area is 125 Å². The molecule has 0 atom stereocenters. The van der Waals surface area contributed by atoms with Gasteiger partial charge in [-0.25, -0.2) is 0 Å². The van der Waals surface area contributed by atoms with E-state index in [0.717, 1.165) is 24.8 Å². The summed E-state index contributed by atoms with van der Waals surface area (Å²) in [5.74, 6) is 1.19. The predicted octanol–water partition coefficient (Wildman–Crippen LogP) is 3.12. The first-order valence-electron chi connectivity index (χ1n) is 6.83. The number of methoxy groups -OCH3 is 1. The molecule has 1 aromatic rings. The number of alkyl halides is 1. The van der Waals surface area contributed by atoms with Gasteiger partial charge in [-0.05, 0) is 24.1 Å². The molecular formula is C15H22ClNO3. The van der Waals surface area contributed by atoms with E-state index in [0.29, 0.717) is 24.7 Å². The number of rotatable bonds is 9. The SMILES string of the molecule is CCCCCOc1cc(CNC(=O)CCl)ccc1OC. The summed E-state index contributed by atoms with van der Waals surface area (Å²) >= 11 is 5.44. The molecule has 1 rings (SSSR count). The van der Waals surface area contributed by atoms with Gasteiger partial charge in [0.2, 0.25) is 5.91 Å². The van der Waals surface area contributed by atoms with Crippen LogP contribution in [0.1, 0.15) is 31.7 Å². The minimum atomic E-state index is -0.187. The van der Waals surface area contributed by atoms with Crippen LogP contribution in [0, 0.1) is 0 Å². The van der Waals surface area contributed by atoms with Gasteiger partial charge in [-0.3, -0.25) is 4.79 Å². The van der Waals surface area contributed by atoms with Crippen molar-refractivity contribution in [2.24, 2.45) is 0 Å². The van der Waals surface area contributed by atoms with Crippen LogP contribution < -0.4 is 14.8 Å². The molecule has 0 saturated heterocycles. The molecule has 5 heteroatoms. The number of unbranched alkanes of at least 4 members (excludes halogenated alkanes) is 2. The van der Waals surface area contributed by atoms with Crippen LogP contribution in [-0.4, -0.2) is 25.5 Å². The van der Waals surface area contributed by atoms with Gasteiger partial charge in [0.05, 0.1) is 13.7 Å². The molecule has 0 aliphatic heterocycles. The molecular weight excluding hydrogens is 278 g/mol. The zero-order chi connectivity index (χ0) is 14.8. The highest BCUT2D eigenvalue weighted by atomic mass is 35.5. The lowest BCUT2D eigenvalue weighted by Gasteiger charge is -2.12. The lowest BCUT2D eigenvalue weighted by Crippen LogP contribution is -2.23. The number of hydrogen-bond acceptors (Lipinski definition) is 3. The maximum Gasteiger partial charge on any atom is 0.235 e. The molecule has 1 N–H and O–H groups in total. The van der Waals surface area contributed by atoms with Gasteiger partial charge in [-0.2, -0.15) is 0 Å². The smallest absolute Gasteiger partial charge is 0.235 e. The number of nitrogens with one attached hydrogen (secondary N) is 1. The van der Waals surface area contributed by atoms with Crippen LogP contribution in [0.5, 0.6) is 11.5 Å². The lowest BCUT2D eigenvalue weighted by molar-refractivity contribution is -0.118. The monoisotopic (exact) mass is 299 g/mol. The molecule has 0 aliphatic rings. The Balaban J connectivity index is 2.62. The summed E-state index contributed by atoms with van der Waals surface area (Å²) < 4.78 is 11.0. The summed E-state index contributed by atoms with van der Waals surface area (Å²) in [6.45, 7) is 3.25. The Morgan fingerprint density at radius 3 is 2.75 bits per heavy atom. The minimum absolute atomic E-state index is 0.0312. The van der Waals surface area contributed by atoms with Crippen molar-refractivity contribution in [3.8, 4) is 11.5 Å². The highest BCUT2D eigenvalue weighted by Crippen LogP contribution is 2.28. The van der Waals surface area contributed by atoms with E-state index >= 15 is 0 Å². The van der Waals surface area contributed by atoms with Crippen LogP contribution >= 0.6 is 11.6 Å². The molecule has 112 valence electrons. The molecule has 0 bridgehead atoms. The third kappa shape index (κ3) is 5.70. The van der Waals surface area contributed by atoms with Gasteiger partial charge in [0.25, 0.3) is 0 Å². The fourth-order valence-corrected chi connectivity index (χ4v) is 1.82. The van der Waals surface area contributed by atoms with Gasteiger partial charge in [0.15, 0.2) is 11.5 Å². The average molecular weight is 300 g/mol. The van der Waals surface area contributed by atoms with Crippen LogP contribution in [0.15, 0.2) is 18.2 Å². The number of carbonyl (C=O) groups is 1. The third-order valence-corrected chi connectivity index (χ3v) is 3.09. The summed E-state index contributed by atoms with van der Waals surface area (Å²) in [4.78, 5) is 11.1. The average Bonchev–Trinajstić information content (AvgIpc) is 2.49. The standard InChI is InChI=1S/C15H22ClNO3/c1-3-4-5-8-20-14-9-12(6-7-13(14)19-2)11-17-15(18)10-16/h6-7,9H,3-5,8,10-11H2,1-2H3,(H,17,18). The zero-order valence-corrected chi connectivity index (χ0v) is 12.8. The van der Waals surface area contributed by atoms with E-state index in [4.69, 9.17) is 21.1 Å². The van der Waals surface area contributed by atoms with Crippen LogP contribution in [0.25, 0.3) is 0 Å². The molecule has 0 fully saturated rings. The second kappa shape index (κ2) is 9.48. The number of halogens is 1. The number of benzene rings is 1. The second-order valence-corrected chi connectivity index (χ2v) is 4.72. The molecule has 0 saturated carbocycles. The molecule has 4 nitrogen and oxygen atoms in total. The van der Waals surface area contributed by atoms with Crippen molar-refractivity contribution in [3.63, 3.8) is 0 Å². The van der Waals surface area contributed by atoms with Crippen LogP contribution in [-0.2, 0) is 11.3 Å². The maximum absolute atomic E-state index is 11.1. The highest BCUT2D eigenvalue weighted by Gasteiger charge is 2.07. The number of carbonyl (C=O) groups excluding carboxylic acids is 1. The fourth-order valence-electron chi connectivity index (χ4n) is 1.73. The fraction of sp³-hybridized carbons (Fsp3) is 0.533. The Hall–Kier alpha value is -1.42. The molecule has 1 aromatic carbocycles. The minimum Gasteiger partial charge on any atom is -0.493 e. The summed E-state index contributed by atoms with van der Waals surface area (Å²) in [7, 11) is 1.61. The molecule has 0 aliphatic carbocycles. The second-order valence-electron chi connectivity index (χ2n) is 4.45. The maximum atomic E-state index is 11.1. The summed E-state index contributed by atoms with van der Waals surface area (Å²) in [6, 6.07) is 5.63. The van der Waals surface area contributed by atoms with Crippen LogP contribution in [0.2, 0.25) is 0 Å². The first-order chi connectivity index (χ1) is 9.71. The van der Waals surface area contributed by atoms with Crippen molar-refractivity contribution >= 4 is 17.5 Å². The van der Waals surface area contributed by atoms with E-state index < -0.39 is 0 Å². The van der Waals surface area contributed by atoms with E-state index in [-0.39, 0.29) is 11.8 Å². The number of hydrogen-bond donors (Lipinski definition) is 1. The Kier molecular flexibility index (Phi) is 7.88. The van der Waals surface area contributed by atoms with Crippen molar-refractivity contribution in [2.45, 2.75) is 32.7 Å². The highest BCUT2D eigenvalue weighted by molar-refractivity contribution is 6.27. The molecule has 0 spiro atoms. The van der Waals surface area contributed by atoms with E-state index in [1.807, 2.05) is 18.2 Å². The van der Waals surface area contributed by atoms with Crippen LogP contribution in [0.3, 0.4) is 0 Å². The topological polar surface area (TPSA) is 47.6 Å². The quantitative estimate of drug-likeness (QED) is 0.563. The van der Waals surface area contributed by atoms with Crippen molar-refractivity contribution in [1.29, 1.82) is 0 Å². The van der Waals surface area contributed by atoms with E-state index in [9.17, 15) is 4.79 Å². The molecule has 1 amide bonds. The number of ether oxygens (including phenoxy) is 2. The van der Waals surface area contributed by atoms with Crippen LogP contribution in [0.4, 0.5) is 0 Å². The van der Waals surface area contributed by atoms with E-state index in [2.05, 4.69) is 12.2 Å². The first kappa shape index (κ1) is 16.6. The van der Waals surface area contributed by atoms with Gasteiger partial charge >= 0.3 is 0 Å². The predicted molar refractivity (Wildman–Crippen MR) is 80.6 cm³/mol. The van der Waals surface area contributed by atoms with Crippen molar-refractivity contribution in [1.82, 2.24) is 5.32 Å². The van der Waals surface area contributed by atoms with Crippen molar-refractivity contribution in [2.75, 3.05) is 19.6 Å². The Morgan fingerprint density at radius 2 is 2.10 bits per heavy atom. The van der Waals surface area contributed by atoms with Gasteiger partial charge in [0.1, 0.15) is 5.88 Å². The van der Waals surface area contributed by atoms with E-state index in [1.54, 1.807) is 7.11 Å². The Morgan fingerprint density at radius 1 is 1.30 bits per heavy atom. The van der Waals surface area contributed by atoms with Gasteiger partial charge in [0, 0.05) is 6.54 Å². The van der Waals surface area contributed by atoms with E-state index in [1.165, 1.54) is 0 Å². The van der Waals surface area contributed by atoms with Gasteiger partial charge < -0.3 is 14.8 Å². The third-order valence-electron chi connectivity index (χ3n) is 2.84. The normalized spacial score (nSPS) is 10.2. The molecule has 0 heterocycles. The van der Waals surface area contributed by atoms with Crippen molar-refractivity contribution < 1.29 is 14.3 Å². The summed E-state index contributed by atoms with van der Waals surface area (Å²) in [5, 5.41) is 2.72. The molecule has 0 radical (unpaired) electrons. The molecule has 0 aromatic heterocycles. The first-order valence-corrected chi connectivity index (χ1v) is 7.37. The summed E-state index contributed by atoms with van der Waals surface area (Å²) in [5.41, 5.74) is 0.953. The van der Waals surface area contributed by atoms with Gasteiger partial charge in [-0.15, -0.1) is 11.6 Å². The molecule has 0 unspecified atom stereocenters. The van der Waals surface area contributed by atoms with Crippen molar-refractivity contribution in [3.05, 3.63) is 23.8 Å². The zero-order valence-electron chi connectivity index (χ0n) is 12.1. The largest absolute Gasteiger partial charge is 0.493 e. The molecule has 20 heavy (non-hydrogen) atoms.